The Bertz CT molecular complexity index is 641. The quantitative estimate of drug-likeness (QED) is 0.818. The number of halogens is 2. The van der Waals surface area contributed by atoms with E-state index in [4.69, 9.17) is 28.9 Å². The topological polar surface area (TPSA) is 55.1 Å². The monoisotopic (exact) mass is 294 g/mol. The Morgan fingerprint density at radius 1 is 1.11 bits per heavy atom. The number of hydrogen-bond acceptors (Lipinski definition) is 2. The zero-order chi connectivity index (χ0) is 14.0. The van der Waals surface area contributed by atoms with Crippen LogP contribution in [0.15, 0.2) is 36.4 Å². The van der Waals surface area contributed by atoms with E-state index in [0.29, 0.717) is 27.0 Å². The summed E-state index contributed by atoms with van der Waals surface area (Å²) >= 11 is 12.0. The number of rotatable bonds is 2. The van der Waals surface area contributed by atoms with E-state index in [-0.39, 0.29) is 5.91 Å². The number of hydrogen-bond donors (Lipinski definition) is 2. The first-order valence-electron chi connectivity index (χ1n) is 5.60. The van der Waals surface area contributed by atoms with Gasteiger partial charge in [0, 0.05) is 5.69 Å². The van der Waals surface area contributed by atoms with Gasteiger partial charge in [0.15, 0.2) is 0 Å². The van der Waals surface area contributed by atoms with Gasteiger partial charge in [-0.3, -0.25) is 4.79 Å². The first-order chi connectivity index (χ1) is 8.97. The van der Waals surface area contributed by atoms with Crippen LogP contribution in [0, 0.1) is 6.92 Å². The number of nitrogens with two attached hydrogens (primary N) is 1. The molecule has 0 atom stereocenters. The van der Waals surface area contributed by atoms with Crippen LogP contribution in [0.3, 0.4) is 0 Å². The fourth-order valence-electron chi connectivity index (χ4n) is 1.64. The van der Waals surface area contributed by atoms with Gasteiger partial charge in [0.05, 0.1) is 21.3 Å². The van der Waals surface area contributed by atoms with Crippen molar-refractivity contribution in [2.75, 3.05) is 11.1 Å². The van der Waals surface area contributed by atoms with Gasteiger partial charge in [-0.05, 0) is 42.8 Å². The molecule has 0 aliphatic rings. The van der Waals surface area contributed by atoms with Crippen molar-refractivity contribution in [3.63, 3.8) is 0 Å². The molecular weight excluding hydrogens is 283 g/mol. The number of nitrogens with one attached hydrogen (secondary N) is 1. The van der Waals surface area contributed by atoms with E-state index in [0.717, 1.165) is 5.56 Å². The minimum Gasteiger partial charge on any atom is -0.399 e. The van der Waals surface area contributed by atoms with Crippen LogP contribution in [0.4, 0.5) is 11.4 Å². The molecule has 0 bridgehead atoms. The third-order valence-electron chi connectivity index (χ3n) is 2.61. The molecule has 0 saturated heterocycles. The molecule has 5 heteroatoms. The maximum absolute atomic E-state index is 12.1. The Hall–Kier alpha value is -1.71. The van der Waals surface area contributed by atoms with Crippen molar-refractivity contribution >= 4 is 40.5 Å². The van der Waals surface area contributed by atoms with Crippen molar-refractivity contribution in [2.45, 2.75) is 6.92 Å². The second kappa shape index (κ2) is 5.51. The number of carbonyl (C=O) groups is 1. The minimum absolute atomic E-state index is 0.307. The fourth-order valence-corrected chi connectivity index (χ4v) is 2.08. The molecule has 1 amide bonds. The van der Waals surface area contributed by atoms with E-state index < -0.39 is 0 Å². The lowest BCUT2D eigenvalue weighted by atomic mass is 10.1. The molecular formula is C14H12Cl2N2O. The number of anilines is 2. The average Bonchev–Trinajstić information content (AvgIpc) is 2.33. The predicted octanol–water partition coefficient (Wildman–Crippen LogP) is 4.14. The SMILES string of the molecule is Cc1ccc(Cl)c(NC(=O)c2ccc(N)cc2Cl)c1. The number of benzene rings is 2. The molecule has 0 spiro atoms. The molecule has 19 heavy (non-hydrogen) atoms. The molecule has 3 nitrogen and oxygen atoms in total. The Balaban J connectivity index is 2.28. The van der Waals surface area contributed by atoms with Crippen LogP contribution in [-0.4, -0.2) is 5.91 Å². The summed E-state index contributed by atoms with van der Waals surface area (Å²) < 4.78 is 0. The summed E-state index contributed by atoms with van der Waals surface area (Å²) in [4.78, 5) is 12.1. The van der Waals surface area contributed by atoms with Gasteiger partial charge in [0.25, 0.3) is 5.91 Å². The van der Waals surface area contributed by atoms with Gasteiger partial charge in [-0.2, -0.15) is 0 Å². The molecule has 98 valence electrons. The molecule has 0 aliphatic heterocycles. The fraction of sp³-hybridized carbons (Fsp3) is 0.0714. The van der Waals surface area contributed by atoms with Gasteiger partial charge in [0.2, 0.25) is 0 Å². The van der Waals surface area contributed by atoms with Crippen LogP contribution in [0.2, 0.25) is 10.0 Å². The summed E-state index contributed by atoms with van der Waals surface area (Å²) in [6, 6.07) is 10.1. The van der Waals surface area contributed by atoms with Gasteiger partial charge in [-0.1, -0.05) is 29.3 Å². The molecule has 0 heterocycles. The summed E-state index contributed by atoms with van der Waals surface area (Å²) in [5.41, 5.74) is 8.01. The molecule has 0 radical (unpaired) electrons. The number of nitrogen functional groups attached to an aromatic ring is 1. The van der Waals surface area contributed by atoms with E-state index in [1.165, 1.54) is 6.07 Å². The van der Waals surface area contributed by atoms with E-state index >= 15 is 0 Å². The Morgan fingerprint density at radius 2 is 1.84 bits per heavy atom. The van der Waals surface area contributed by atoms with Crippen LogP contribution in [0.25, 0.3) is 0 Å². The standard InChI is InChI=1S/C14H12Cl2N2O/c1-8-2-5-11(15)13(6-8)18-14(19)10-4-3-9(17)7-12(10)16/h2-7H,17H2,1H3,(H,18,19). The minimum atomic E-state index is -0.322. The maximum Gasteiger partial charge on any atom is 0.257 e. The van der Waals surface area contributed by atoms with Gasteiger partial charge in [-0.25, -0.2) is 0 Å². The zero-order valence-electron chi connectivity index (χ0n) is 10.2. The molecule has 0 aromatic heterocycles. The molecule has 2 rings (SSSR count). The van der Waals surface area contributed by atoms with E-state index in [1.54, 1.807) is 24.3 Å². The highest BCUT2D eigenvalue weighted by atomic mass is 35.5. The zero-order valence-corrected chi connectivity index (χ0v) is 11.7. The van der Waals surface area contributed by atoms with Crippen molar-refractivity contribution in [1.82, 2.24) is 0 Å². The second-order valence-electron chi connectivity index (χ2n) is 4.18. The summed E-state index contributed by atoms with van der Waals surface area (Å²) in [5.74, 6) is -0.322. The van der Waals surface area contributed by atoms with Crippen molar-refractivity contribution < 1.29 is 4.79 Å². The lowest BCUT2D eigenvalue weighted by Gasteiger charge is -2.09. The summed E-state index contributed by atoms with van der Waals surface area (Å²) in [6.07, 6.45) is 0. The van der Waals surface area contributed by atoms with Crippen LogP contribution < -0.4 is 11.1 Å². The van der Waals surface area contributed by atoms with Gasteiger partial charge < -0.3 is 11.1 Å². The van der Waals surface area contributed by atoms with Crippen molar-refractivity contribution in [1.29, 1.82) is 0 Å². The van der Waals surface area contributed by atoms with Crippen molar-refractivity contribution in [3.8, 4) is 0 Å². The Labute approximate surface area is 121 Å². The Morgan fingerprint density at radius 3 is 2.53 bits per heavy atom. The molecule has 0 unspecified atom stereocenters. The van der Waals surface area contributed by atoms with Gasteiger partial charge >= 0.3 is 0 Å². The van der Waals surface area contributed by atoms with Crippen LogP contribution in [0.1, 0.15) is 15.9 Å². The van der Waals surface area contributed by atoms with Gasteiger partial charge in [-0.15, -0.1) is 0 Å². The van der Waals surface area contributed by atoms with Crippen LogP contribution in [-0.2, 0) is 0 Å². The highest BCUT2D eigenvalue weighted by Gasteiger charge is 2.12. The molecule has 0 aliphatic carbocycles. The predicted molar refractivity (Wildman–Crippen MR) is 80.0 cm³/mol. The third kappa shape index (κ3) is 3.19. The largest absolute Gasteiger partial charge is 0.399 e. The molecule has 2 aromatic carbocycles. The number of aryl methyl sites for hydroxylation is 1. The first kappa shape index (κ1) is 13.7. The molecule has 3 N–H and O–H groups in total. The first-order valence-corrected chi connectivity index (χ1v) is 6.35. The molecule has 0 fully saturated rings. The van der Waals surface area contributed by atoms with Crippen LogP contribution >= 0.6 is 23.2 Å². The lowest BCUT2D eigenvalue weighted by molar-refractivity contribution is 0.102. The maximum atomic E-state index is 12.1. The second-order valence-corrected chi connectivity index (χ2v) is 4.99. The van der Waals surface area contributed by atoms with Crippen molar-refractivity contribution in [2.24, 2.45) is 0 Å². The number of carbonyl (C=O) groups excluding carboxylic acids is 1. The molecule has 0 saturated carbocycles. The van der Waals surface area contributed by atoms with Crippen LogP contribution in [0.5, 0.6) is 0 Å². The smallest absolute Gasteiger partial charge is 0.257 e. The summed E-state index contributed by atoms with van der Waals surface area (Å²) in [5, 5.41) is 3.52. The average molecular weight is 295 g/mol. The van der Waals surface area contributed by atoms with E-state index in [1.807, 2.05) is 13.0 Å². The molecule has 2 aromatic rings. The highest BCUT2D eigenvalue weighted by molar-refractivity contribution is 6.36. The normalized spacial score (nSPS) is 10.3. The van der Waals surface area contributed by atoms with Gasteiger partial charge in [0.1, 0.15) is 0 Å². The Kier molecular flexibility index (Phi) is 3.98. The van der Waals surface area contributed by atoms with E-state index in [9.17, 15) is 4.79 Å². The lowest BCUT2D eigenvalue weighted by Crippen LogP contribution is -2.13. The summed E-state index contributed by atoms with van der Waals surface area (Å²) in [6.45, 7) is 1.92. The summed E-state index contributed by atoms with van der Waals surface area (Å²) in [7, 11) is 0. The number of amides is 1. The highest BCUT2D eigenvalue weighted by Crippen LogP contribution is 2.25. The van der Waals surface area contributed by atoms with E-state index in [2.05, 4.69) is 5.32 Å². The third-order valence-corrected chi connectivity index (χ3v) is 3.25. The van der Waals surface area contributed by atoms with Crippen molar-refractivity contribution in [3.05, 3.63) is 57.6 Å².